The Bertz CT molecular complexity index is 1160. The van der Waals surface area contributed by atoms with Crippen LogP contribution < -0.4 is 19.7 Å². The maximum atomic E-state index is 12.7. The van der Waals surface area contributed by atoms with Gasteiger partial charge in [-0.25, -0.2) is 18.4 Å². The first-order chi connectivity index (χ1) is 14.9. The van der Waals surface area contributed by atoms with Crippen molar-refractivity contribution in [2.45, 2.75) is 24.7 Å². The Kier molecular flexibility index (Phi) is 5.94. The Morgan fingerprint density at radius 3 is 2.35 bits per heavy atom. The number of methoxy groups -OCH3 is 1. The summed E-state index contributed by atoms with van der Waals surface area (Å²) in [6.07, 6.45) is 2.36. The van der Waals surface area contributed by atoms with E-state index >= 15 is 0 Å². The van der Waals surface area contributed by atoms with Crippen LogP contribution in [-0.4, -0.2) is 38.6 Å². The van der Waals surface area contributed by atoms with Crippen molar-refractivity contribution in [3.05, 3.63) is 60.4 Å². The van der Waals surface area contributed by atoms with Crippen LogP contribution in [0.1, 0.15) is 18.7 Å². The molecule has 1 aliphatic rings. The minimum absolute atomic E-state index is 0.0885. The van der Waals surface area contributed by atoms with Crippen LogP contribution in [0.25, 0.3) is 0 Å². The number of aromatic nitrogens is 2. The lowest BCUT2D eigenvalue weighted by molar-refractivity contribution is 0.403. The normalized spacial score (nSPS) is 13.8. The van der Waals surface area contributed by atoms with Gasteiger partial charge in [-0.2, -0.15) is 0 Å². The molecule has 9 heteroatoms. The minimum atomic E-state index is -3.77. The standard InChI is InChI=1S/C22H25N5O3S/c1-16-23-21(15-22(24-16)27-13-5-6-14-27)25-17-9-11-18(12-10-17)26-31(28,29)20-8-4-3-7-19(20)30-2/h3-4,7-12,15,26H,5-6,13-14H2,1-2H3,(H,23,24,25). The highest BCUT2D eigenvalue weighted by atomic mass is 32.2. The van der Waals surface area contributed by atoms with E-state index < -0.39 is 10.0 Å². The van der Waals surface area contributed by atoms with Gasteiger partial charge in [0.15, 0.2) is 0 Å². The zero-order valence-electron chi connectivity index (χ0n) is 17.5. The van der Waals surface area contributed by atoms with E-state index in [2.05, 4.69) is 24.9 Å². The Labute approximate surface area is 182 Å². The van der Waals surface area contributed by atoms with Crippen molar-refractivity contribution in [1.82, 2.24) is 9.97 Å². The van der Waals surface area contributed by atoms with Gasteiger partial charge in [0.1, 0.15) is 28.1 Å². The molecule has 31 heavy (non-hydrogen) atoms. The number of hydrogen-bond acceptors (Lipinski definition) is 7. The fourth-order valence-electron chi connectivity index (χ4n) is 3.54. The molecule has 0 aliphatic carbocycles. The first kappa shape index (κ1) is 20.9. The van der Waals surface area contributed by atoms with Gasteiger partial charge >= 0.3 is 0 Å². The molecule has 162 valence electrons. The monoisotopic (exact) mass is 439 g/mol. The second-order valence-corrected chi connectivity index (χ2v) is 8.96. The predicted molar refractivity (Wildman–Crippen MR) is 122 cm³/mol. The van der Waals surface area contributed by atoms with Gasteiger partial charge in [-0.15, -0.1) is 0 Å². The van der Waals surface area contributed by atoms with Crippen LogP contribution in [0.2, 0.25) is 0 Å². The average molecular weight is 440 g/mol. The highest BCUT2D eigenvalue weighted by Crippen LogP contribution is 2.27. The molecular weight excluding hydrogens is 414 g/mol. The number of aryl methyl sites for hydroxylation is 1. The molecule has 0 bridgehead atoms. The molecule has 0 amide bonds. The second kappa shape index (κ2) is 8.81. The van der Waals surface area contributed by atoms with E-state index in [1.165, 1.54) is 26.0 Å². The number of sulfonamides is 1. The quantitative estimate of drug-likeness (QED) is 0.576. The highest BCUT2D eigenvalue weighted by Gasteiger charge is 2.19. The topological polar surface area (TPSA) is 96.5 Å². The number of benzene rings is 2. The molecule has 1 saturated heterocycles. The zero-order chi connectivity index (χ0) is 21.8. The van der Waals surface area contributed by atoms with Crippen molar-refractivity contribution in [2.24, 2.45) is 0 Å². The van der Waals surface area contributed by atoms with Crippen molar-refractivity contribution in [1.29, 1.82) is 0 Å². The van der Waals surface area contributed by atoms with Gasteiger partial charge in [-0.3, -0.25) is 4.72 Å². The van der Waals surface area contributed by atoms with Gasteiger partial charge in [0.2, 0.25) is 0 Å². The average Bonchev–Trinajstić information content (AvgIpc) is 3.30. The molecule has 0 atom stereocenters. The van der Waals surface area contributed by atoms with E-state index in [1.807, 2.05) is 13.0 Å². The Balaban J connectivity index is 1.49. The summed E-state index contributed by atoms with van der Waals surface area (Å²) in [5.74, 6) is 2.62. The molecule has 0 spiro atoms. The van der Waals surface area contributed by atoms with E-state index in [9.17, 15) is 8.42 Å². The zero-order valence-corrected chi connectivity index (χ0v) is 18.3. The van der Waals surface area contributed by atoms with E-state index in [1.54, 1.807) is 42.5 Å². The molecule has 2 N–H and O–H groups in total. The molecule has 0 radical (unpaired) electrons. The fourth-order valence-corrected chi connectivity index (χ4v) is 4.77. The van der Waals surface area contributed by atoms with E-state index in [-0.39, 0.29) is 4.90 Å². The molecule has 2 aromatic carbocycles. The maximum absolute atomic E-state index is 12.7. The molecule has 1 fully saturated rings. The van der Waals surface area contributed by atoms with Gasteiger partial charge in [-0.05, 0) is 56.2 Å². The summed E-state index contributed by atoms with van der Waals surface area (Å²) in [7, 11) is -2.33. The number of para-hydroxylation sites is 1. The summed E-state index contributed by atoms with van der Waals surface area (Å²) >= 11 is 0. The first-order valence-corrected chi connectivity index (χ1v) is 11.6. The lowest BCUT2D eigenvalue weighted by Gasteiger charge is -2.18. The molecule has 4 rings (SSSR count). The third-order valence-corrected chi connectivity index (χ3v) is 6.44. The van der Waals surface area contributed by atoms with Crippen molar-refractivity contribution >= 4 is 33.0 Å². The minimum Gasteiger partial charge on any atom is -0.495 e. The predicted octanol–water partition coefficient (Wildman–Crippen LogP) is 3.94. The number of nitrogens with one attached hydrogen (secondary N) is 2. The van der Waals surface area contributed by atoms with Crippen LogP contribution in [0.4, 0.5) is 23.0 Å². The summed E-state index contributed by atoms with van der Waals surface area (Å²) in [5.41, 5.74) is 1.25. The molecule has 0 unspecified atom stereocenters. The fraction of sp³-hybridized carbons (Fsp3) is 0.273. The van der Waals surface area contributed by atoms with Gasteiger partial charge in [0, 0.05) is 30.5 Å². The Morgan fingerprint density at radius 1 is 0.968 bits per heavy atom. The van der Waals surface area contributed by atoms with E-state index in [0.29, 0.717) is 23.1 Å². The summed E-state index contributed by atoms with van der Waals surface area (Å²) in [6.45, 7) is 3.90. The van der Waals surface area contributed by atoms with Gasteiger partial charge < -0.3 is 15.0 Å². The lowest BCUT2D eigenvalue weighted by atomic mass is 10.3. The Morgan fingerprint density at radius 2 is 1.65 bits per heavy atom. The summed E-state index contributed by atoms with van der Waals surface area (Å²) in [5, 5.41) is 3.27. The van der Waals surface area contributed by atoms with E-state index in [4.69, 9.17) is 4.74 Å². The van der Waals surface area contributed by atoms with Crippen LogP contribution in [0, 0.1) is 6.92 Å². The number of ether oxygens (including phenoxy) is 1. The third kappa shape index (κ3) is 4.88. The largest absolute Gasteiger partial charge is 0.495 e. The second-order valence-electron chi connectivity index (χ2n) is 7.31. The molecule has 2 heterocycles. The Hall–Kier alpha value is -3.33. The van der Waals surface area contributed by atoms with Crippen LogP contribution in [0.5, 0.6) is 5.75 Å². The summed E-state index contributed by atoms with van der Waals surface area (Å²) in [4.78, 5) is 11.4. The third-order valence-electron chi connectivity index (χ3n) is 5.02. The number of hydrogen-bond donors (Lipinski definition) is 2. The van der Waals surface area contributed by atoms with Crippen LogP contribution >= 0.6 is 0 Å². The summed E-state index contributed by atoms with van der Waals surface area (Å²) < 4.78 is 33.2. The van der Waals surface area contributed by atoms with E-state index in [0.717, 1.165) is 24.6 Å². The van der Waals surface area contributed by atoms with Gasteiger partial charge in [0.05, 0.1) is 7.11 Å². The number of anilines is 4. The van der Waals surface area contributed by atoms with Crippen molar-refractivity contribution in [3.8, 4) is 5.75 Å². The van der Waals surface area contributed by atoms with Crippen LogP contribution in [0.15, 0.2) is 59.5 Å². The molecule has 0 saturated carbocycles. The van der Waals surface area contributed by atoms with Gasteiger partial charge in [0.25, 0.3) is 10.0 Å². The SMILES string of the molecule is COc1ccccc1S(=O)(=O)Nc1ccc(Nc2cc(N3CCCC3)nc(C)n2)cc1. The highest BCUT2D eigenvalue weighted by molar-refractivity contribution is 7.92. The van der Waals surface area contributed by atoms with Crippen molar-refractivity contribution in [2.75, 3.05) is 35.1 Å². The van der Waals surface area contributed by atoms with Crippen molar-refractivity contribution < 1.29 is 13.2 Å². The van der Waals surface area contributed by atoms with Crippen LogP contribution in [0.3, 0.4) is 0 Å². The summed E-state index contributed by atoms with van der Waals surface area (Å²) in [6, 6.07) is 15.4. The molecule has 8 nitrogen and oxygen atoms in total. The molecule has 1 aliphatic heterocycles. The first-order valence-electron chi connectivity index (χ1n) is 10.1. The number of nitrogens with zero attached hydrogens (tertiary/aromatic N) is 3. The smallest absolute Gasteiger partial charge is 0.265 e. The molecular formula is C22H25N5O3S. The van der Waals surface area contributed by atoms with Crippen molar-refractivity contribution in [3.63, 3.8) is 0 Å². The van der Waals surface area contributed by atoms with Gasteiger partial charge in [-0.1, -0.05) is 12.1 Å². The lowest BCUT2D eigenvalue weighted by Crippen LogP contribution is -2.19. The van der Waals surface area contributed by atoms with Crippen LogP contribution in [-0.2, 0) is 10.0 Å². The molecule has 1 aromatic heterocycles. The maximum Gasteiger partial charge on any atom is 0.265 e. The molecule has 3 aromatic rings. The number of rotatable bonds is 7.